The summed E-state index contributed by atoms with van der Waals surface area (Å²) in [5, 5.41) is 8.82. The molecule has 0 aliphatic carbocycles. The molecule has 0 aliphatic heterocycles. The zero-order chi connectivity index (χ0) is 15.4. The maximum atomic E-state index is 12.3. The highest BCUT2D eigenvalue weighted by Gasteiger charge is 2.20. The molecule has 110 valence electrons. The van der Waals surface area contributed by atoms with Crippen molar-refractivity contribution in [3.63, 3.8) is 0 Å². The normalized spacial score (nSPS) is 11.8. The summed E-state index contributed by atoms with van der Waals surface area (Å²) in [4.78, 5) is 23.3. The molecule has 0 saturated carbocycles. The number of furan rings is 1. The van der Waals surface area contributed by atoms with Crippen LogP contribution in [-0.2, 0) is 0 Å². The summed E-state index contributed by atoms with van der Waals surface area (Å²) in [6.07, 6.45) is 1.55. The number of hydrogen-bond acceptors (Lipinski definition) is 4. The van der Waals surface area contributed by atoms with Gasteiger partial charge in [-0.15, -0.1) is 0 Å². The van der Waals surface area contributed by atoms with Crippen molar-refractivity contribution >= 4 is 5.91 Å². The van der Waals surface area contributed by atoms with Gasteiger partial charge >= 0.3 is 0 Å². The maximum Gasteiger partial charge on any atom is 0.272 e. The van der Waals surface area contributed by atoms with Gasteiger partial charge < -0.3 is 9.73 Å². The Balaban J connectivity index is 1.89. The number of rotatable bonds is 4. The monoisotopic (exact) mass is 295 g/mol. The molecule has 1 amide bonds. The van der Waals surface area contributed by atoms with Crippen LogP contribution in [0.15, 0.2) is 70.1 Å². The Bertz CT molecular complexity index is 790. The number of benzene rings is 1. The third kappa shape index (κ3) is 2.95. The number of aromatic nitrogens is 2. The average Bonchev–Trinajstić information content (AvgIpc) is 3.08. The quantitative estimate of drug-likeness (QED) is 0.769. The fraction of sp³-hybridized carbons (Fsp3) is 0.0625. The van der Waals surface area contributed by atoms with Crippen molar-refractivity contribution in [2.45, 2.75) is 6.04 Å². The topological polar surface area (TPSA) is 88.0 Å². The van der Waals surface area contributed by atoms with Crippen LogP contribution in [0.4, 0.5) is 0 Å². The molecule has 0 aliphatic rings. The molecule has 0 saturated heterocycles. The van der Waals surface area contributed by atoms with Crippen LogP contribution in [0.25, 0.3) is 0 Å². The number of amides is 1. The van der Waals surface area contributed by atoms with Crippen LogP contribution in [0.3, 0.4) is 0 Å². The van der Waals surface area contributed by atoms with E-state index in [2.05, 4.69) is 15.5 Å². The zero-order valence-electron chi connectivity index (χ0n) is 11.5. The van der Waals surface area contributed by atoms with Gasteiger partial charge in [0.15, 0.2) is 0 Å². The van der Waals surface area contributed by atoms with Gasteiger partial charge in [0, 0.05) is 6.07 Å². The first-order valence-corrected chi connectivity index (χ1v) is 6.69. The Hall–Kier alpha value is -3.15. The first kappa shape index (κ1) is 13.8. The SMILES string of the molecule is O=C(NC(c1ccccc1)c1ccco1)c1ccc(=O)[nH]n1. The molecule has 0 spiro atoms. The van der Waals surface area contributed by atoms with Gasteiger partial charge in [-0.3, -0.25) is 9.59 Å². The first-order chi connectivity index (χ1) is 10.7. The molecule has 2 aromatic heterocycles. The van der Waals surface area contributed by atoms with E-state index in [0.717, 1.165) is 5.56 Å². The summed E-state index contributed by atoms with van der Waals surface area (Å²) in [5.41, 5.74) is 0.657. The number of hydrogen-bond donors (Lipinski definition) is 2. The minimum absolute atomic E-state index is 0.132. The van der Waals surface area contributed by atoms with Crippen molar-refractivity contribution in [2.75, 3.05) is 0 Å². The maximum absolute atomic E-state index is 12.3. The minimum atomic E-state index is -0.433. The Morgan fingerprint density at radius 1 is 1.09 bits per heavy atom. The zero-order valence-corrected chi connectivity index (χ0v) is 11.5. The van der Waals surface area contributed by atoms with E-state index in [1.807, 2.05) is 30.3 Å². The van der Waals surface area contributed by atoms with Crippen LogP contribution >= 0.6 is 0 Å². The summed E-state index contributed by atoms with van der Waals surface area (Å²) >= 11 is 0. The predicted octanol–water partition coefficient (Wildman–Crippen LogP) is 1.88. The van der Waals surface area contributed by atoms with Crippen LogP contribution in [0.2, 0.25) is 0 Å². The highest BCUT2D eigenvalue weighted by atomic mass is 16.3. The van der Waals surface area contributed by atoms with Crippen LogP contribution < -0.4 is 10.9 Å². The van der Waals surface area contributed by atoms with Gasteiger partial charge in [0.05, 0.1) is 6.26 Å². The first-order valence-electron chi connectivity index (χ1n) is 6.69. The van der Waals surface area contributed by atoms with Gasteiger partial charge in [0.2, 0.25) is 0 Å². The average molecular weight is 295 g/mol. The third-order valence-corrected chi connectivity index (χ3v) is 3.15. The molecule has 0 radical (unpaired) electrons. The lowest BCUT2D eigenvalue weighted by atomic mass is 10.0. The second kappa shape index (κ2) is 6.09. The van der Waals surface area contributed by atoms with Gasteiger partial charge in [0.1, 0.15) is 17.5 Å². The van der Waals surface area contributed by atoms with E-state index in [4.69, 9.17) is 4.42 Å². The Morgan fingerprint density at radius 2 is 1.91 bits per heavy atom. The fourth-order valence-electron chi connectivity index (χ4n) is 2.10. The molecule has 2 heterocycles. The smallest absolute Gasteiger partial charge is 0.272 e. The number of aromatic amines is 1. The van der Waals surface area contributed by atoms with Crippen LogP contribution in [0.5, 0.6) is 0 Å². The molecule has 1 unspecified atom stereocenters. The fourth-order valence-corrected chi connectivity index (χ4v) is 2.10. The lowest BCUT2D eigenvalue weighted by Crippen LogP contribution is -2.30. The molecular weight excluding hydrogens is 282 g/mol. The summed E-state index contributed by atoms with van der Waals surface area (Å²) in [6, 6.07) is 15.2. The Labute approximate surface area is 125 Å². The van der Waals surface area contributed by atoms with Crippen molar-refractivity contribution in [1.82, 2.24) is 15.5 Å². The Kier molecular flexibility index (Phi) is 3.82. The molecule has 22 heavy (non-hydrogen) atoms. The van der Waals surface area contributed by atoms with Crippen LogP contribution in [0.1, 0.15) is 27.9 Å². The van der Waals surface area contributed by atoms with E-state index < -0.39 is 11.9 Å². The number of nitrogens with one attached hydrogen (secondary N) is 2. The van der Waals surface area contributed by atoms with Gasteiger partial charge in [-0.1, -0.05) is 30.3 Å². The van der Waals surface area contributed by atoms with Crippen LogP contribution in [0, 0.1) is 0 Å². The molecule has 6 heteroatoms. The molecule has 1 aromatic carbocycles. The summed E-state index contributed by atoms with van der Waals surface area (Å²) in [5.74, 6) is 0.213. The second-order valence-electron chi connectivity index (χ2n) is 4.64. The van der Waals surface area contributed by atoms with Gasteiger partial charge in [0.25, 0.3) is 11.5 Å². The van der Waals surface area contributed by atoms with E-state index in [0.29, 0.717) is 5.76 Å². The molecule has 3 rings (SSSR count). The second-order valence-corrected chi connectivity index (χ2v) is 4.64. The summed E-state index contributed by atoms with van der Waals surface area (Å²) < 4.78 is 5.41. The van der Waals surface area contributed by atoms with Crippen molar-refractivity contribution in [3.05, 3.63) is 88.2 Å². The molecule has 0 bridgehead atoms. The van der Waals surface area contributed by atoms with Crippen molar-refractivity contribution in [3.8, 4) is 0 Å². The van der Waals surface area contributed by atoms with Crippen molar-refractivity contribution in [2.24, 2.45) is 0 Å². The van der Waals surface area contributed by atoms with E-state index in [1.54, 1.807) is 18.4 Å². The highest BCUT2D eigenvalue weighted by molar-refractivity contribution is 5.92. The summed E-state index contributed by atoms with van der Waals surface area (Å²) in [7, 11) is 0. The molecular formula is C16H13N3O3. The highest BCUT2D eigenvalue weighted by Crippen LogP contribution is 2.22. The predicted molar refractivity (Wildman–Crippen MR) is 79.3 cm³/mol. The molecule has 0 fully saturated rings. The molecule has 2 N–H and O–H groups in total. The van der Waals surface area contributed by atoms with Gasteiger partial charge in [-0.25, -0.2) is 5.10 Å². The number of carbonyl (C=O) groups is 1. The van der Waals surface area contributed by atoms with Gasteiger partial charge in [-0.2, -0.15) is 5.10 Å². The number of carbonyl (C=O) groups excluding carboxylic acids is 1. The van der Waals surface area contributed by atoms with Crippen molar-refractivity contribution < 1.29 is 9.21 Å². The number of H-pyrrole nitrogens is 1. The van der Waals surface area contributed by atoms with Crippen molar-refractivity contribution in [1.29, 1.82) is 0 Å². The van der Waals surface area contributed by atoms with Crippen LogP contribution in [-0.4, -0.2) is 16.1 Å². The van der Waals surface area contributed by atoms with E-state index in [1.165, 1.54) is 12.1 Å². The third-order valence-electron chi connectivity index (χ3n) is 3.15. The molecule has 1 atom stereocenters. The van der Waals surface area contributed by atoms with E-state index in [9.17, 15) is 9.59 Å². The lowest BCUT2D eigenvalue weighted by Gasteiger charge is -2.16. The van der Waals surface area contributed by atoms with E-state index >= 15 is 0 Å². The summed E-state index contributed by atoms with van der Waals surface area (Å²) in [6.45, 7) is 0. The number of nitrogens with zero attached hydrogens (tertiary/aromatic N) is 1. The molecule has 3 aromatic rings. The minimum Gasteiger partial charge on any atom is -0.467 e. The lowest BCUT2D eigenvalue weighted by molar-refractivity contribution is 0.0933. The van der Waals surface area contributed by atoms with E-state index in [-0.39, 0.29) is 11.3 Å². The largest absolute Gasteiger partial charge is 0.467 e. The standard InChI is InChI=1S/C16H13N3O3/c20-14-9-8-12(18-19-14)16(21)17-15(13-7-4-10-22-13)11-5-2-1-3-6-11/h1-10,15H,(H,17,21)(H,19,20). The van der Waals surface area contributed by atoms with Gasteiger partial charge in [-0.05, 0) is 23.8 Å². The molecule has 6 nitrogen and oxygen atoms in total. The Morgan fingerprint density at radius 3 is 2.55 bits per heavy atom.